The van der Waals surface area contributed by atoms with Crippen LogP contribution in [-0.2, 0) is 0 Å². The van der Waals surface area contributed by atoms with Gasteiger partial charge >= 0.3 is 0 Å². The monoisotopic (exact) mass is 509 g/mol. The van der Waals surface area contributed by atoms with Crippen molar-refractivity contribution in [3.05, 3.63) is 63.2 Å². The van der Waals surface area contributed by atoms with Crippen LogP contribution >= 0.6 is 34.8 Å². The Morgan fingerprint density at radius 3 is 2.29 bits per heavy atom. The first kappa shape index (κ1) is 22.3. The third-order valence-corrected chi connectivity index (χ3v) is 4.83. The van der Waals surface area contributed by atoms with Crippen LogP contribution in [0.15, 0.2) is 48.5 Å². The van der Waals surface area contributed by atoms with Crippen molar-refractivity contribution in [2.24, 2.45) is 0 Å². The molecule has 0 radical (unpaired) electrons. The second-order valence-corrected chi connectivity index (χ2v) is 7.95. The van der Waals surface area contributed by atoms with Crippen LogP contribution in [0.2, 0.25) is 0 Å². The summed E-state index contributed by atoms with van der Waals surface area (Å²) in [6.45, 7) is 5.58. The summed E-state index contributed by atoms with van der Waals surface area (Å²) in [5.41, 5.74) is 1.79. The highest BCUT2D eigenvalue weighted by Crippen LogP contribution is 2.14. The van der Waals surface area contributed by atoms with E-state index in [1.54, 1.807) is 30.3 Å². The molecule has 5 nitrogen and oxygen atoms in total. The molecule has 0 fully saturated rings. The highest BCUT2D eigenvalue weighted by Gasteiger charge is 2.15. The first-order valence-corrected chi connectivity index (χ1v) is 10.7. The average molecular weight is 509 g/mol. The number of hydrogen-bond acceptors (Lipinski definition) is 3. The molecular weight excluding hydrogens is 485 g/mol. The predicted molar refractivity (Wildman–Crippen MR) is 126 cm³/mol. The Morgan fingerprint density at radius 2 is 1.64 bits per heavy atom. The third kappa shape index (κ3) is 6.56. The molecule has 2 aromatic carbocycles. The van der Waals surface area contributed by atoms with E-state index < -0.39 is 0 Å². The lowest BCUT2D eigenvalue weighted by Gasteiger charge is -2.21. The molecule has 0 unspecified atom stereocenters. The molecule has 7 heteroatoms. The summed E-state index contributed by atoms with van der Waals surface area (Å²) in [5.74, 6) is -0.276. The summed E-state index contributed by atoms with van der Waals surface area (Å²) in [6, 6.07) is 14.4. The number of amides is 2. The Balaban J connectivity index is 2.04. The van der Waals surface area contributed by atoms with Gasteiger partial charge in [0.15, 0.2) is 5.11 Å². The molecule has 2 amide bonds. The van der Waals surface area contributed by atoms with Gasteiger partial charge in [0.2, 0.25) is 0 Å². The van der Waals surface area contributed by atoms with Gasteiger partial charge in [-0.1, -0.05) is 26.0 Å². The maximum atomic E-state index is 12.8. The van der Waals surface area contributed by atoms with Crippen molar-refractivity contribution in [1.29, 1.82) is 0 Å². The standard InChI is InChI=1S/C21H24IN3O2S/c1-3-11-25(12-4-2)20(27)16-8-6-10-18(14-16)23-21(28)24-19(26)15-7-5-9-17(22)13-15/h5-10,13-14H,3-4,11-12H2,1-2H3,(H2,23,24,26,28). The van der Waals surface area contributed by atoms with Crippen LogP contribution in [0, 0.1) is 3.57 Å². The van der Waals surface area contributed by atoms with E-state index in [9.17, 15) is 9.59 Å². The molecule has 2 aromatic rings. The molecular formula is C21H24IN3O2S. The molecule has 0 saturated heterocycles. The van der Waals surface area contributed by atoms with E-state index in [-0.39, 0.29) is 16.9 Å². The summed E-state index contributed by atoms with van der Waals surface area (Å²) < 4.78 is 0.971. The Labute approximate surface area is 185 Å². The van der Waals surface area contributed by atoms with E-state index in [1.165, 1.54) is 0 Å². The van der Waals surface area contributed by atoms with E-state index in [4.69, 9.17) is 12.2 Å². The van der Waals surface area contributed by atoms with Crippen molar-refractivity contribution < 1.29 is 9.59 Å². The number of benzene rings is 2. The van der Waals surface area contributed by atoms with Gasteiger partial charge in [-0.05, 0) is 84.0 Å². The topological polar surface area (TPSA) is 61.4 Å². The molecule has 0 aliphatic rings. The summed E-state index contributed by atoms with van der Waals surface area (Å²) in [6.07, 6.45) is 1.83. The highest BCUT2D eigenvalue weighted by molar-refractivity contribution is 14.1. The van der Waals surface area contributed by atoms with Crippen molar-refractivity contribution in [1.82, 2.24) is 10.2 Å². The third-order valence-electron chi connectivity index (χ3n) is 3.96. The Kier molecular flexibility index (Phi) is 8.85. The van der Waals surface area contributed by atoms with Gasteiger partial charge in [0, 0.05) is 33.5 Å². The van der Waals surface area contributed by atoms with Gasteiger partial charge < -0.3 is 10.2 Å². The second kappa shape index (κ2) is 11.1. The first-order chi connectivity index (χ1) is 13.4. The molecule has 0 saturated carbocycles. The van der Waals surface area contributed by atoms with Crippen molar-refractivity contribution in [2.75, 3.05) is 18.4 Å². The molecule has 2 rings (SSSR count). The van der Waals surface area contributed by atoms with Crippen LogP contribution in [0.4, 0.5) is 5.69 Å². The van der Waals surface area contributed by atoms with Gasteiger partial charge in [-0.2, -0.15) is 0 Å². The fourth-order valence-electron chi connectivity index (χ4n) is 2.73. The number of carbonyl (C=O) groups excluding carboxylic acids is 2. The van der Waals surface area contributed by atoms with Gasteiger partial charge in [0.25, 0.3) is 11.8 Å². The number of anilines is 1. The van der Waals surface area contributed by atoms with Crippen LogP contribution in [0.25, 0.3) is 0 Å². The number of halogens is 1. The number of nitrogens with zero attached hydrogens (tertiary/aromatic N) is 1. The SMILES string of the molecule is CCCN(CCC)C(=O)c1cccc(NC(=S)NC(=O)c2cccc(I)c2)c1. The van der Waals surface area contributed by atoms with Gasteiger partial charge in [-0.3, -0.25) is 14.9 Å². The average Bonchev–Trinajstić information content (AvgIpc) is 2.67. The van der Waals surface area contributed by atoms with Crippen LogP contribution in [0.1, 0.15) is 47.4 Å². The molecule has 0 aliphatic carbocycles. The minimum absolute atomic E-state index is 0.00108. The number of carbonyl (C=O) groups is 2. The van der Waals surface area contributed by atoms with Gasteiger partial charge in [-0.15, -0.1) is 0 Å². The summed E-state index contributed by atoms with van der Waals surface area (Å²) in [5, 5.41) is 5.84. The lowest BCUT2D eigenvalue weighted by atomic mass is 10.1. The minimum Gasteiger partial charge on any atom is -0.339 e. The van der Waals surface area contributed by atoms with Crippen LogP contribution in [0.5, 0.6) is 0 Å². The van der Waals surface area contributed by atoms with Gasteiger partial charge in [0.1, 0.15) is 0 Å². The lowest BCUT2D eigenvalue weighted by molar-refractivity contribution is 0.0755. The van der Waals surface area contributed by atoms with Crippen molar-refractivity contribution in [3.8, 4) is 0 Å². The van der Waals surface area contributed by atoms with Gasteiger partial charge in [-0.25, -0.2) is 0 Å². The molecule has 2 N–H and O–H groups in total. The molecule has 148 valence electrons. The van der Waals surface area contributed by atoms with E-state index in [1.807, 2.05) is 23.1 Å². The zero-order chi connectivity index (χ0) is 20.5. The molecule has 0 aromatic heterocycles. The van der Waals surface area contributed by atoms with E-state index in [0.29, 0.717) is 16.8 Å². The predicted octanol–water partition coefficient (Wildman–Crippen LogP) is 4.68. The maximum Gasteiger partial charge on any atom is 0.257 e. The number of nitrogens with one attached hydrogen (secondary N) is 2. The first-order valence-electron chi connectivity index (χ1n) is 9.21. The van der Waals surface area contributed by atoms with E-state index in [2.05, 4.69) is 47.1 Å². The molecule has 0 atom stereocenters. The summed E-state index contributed by atoms with van der Waals surface area (Å²) in [4.78, 5) is 26.9. The molecule has 0 spiro atoms. The van der Waals surface area contributed by atoms with Crippen LogP contribution in [0.3, 0.4) is 0 Å². The minimum atomic E-state index is -0.277. The Bertz CT molecular complexity index is 851. The summed E-state index contributed by atoms with van der Waals surface area (Å²) in [7, 11) is 0. The molecule has 0 aliphatic heterocycles. The largest absolute Gasteiger partial charge is 0.339 e. The number of rotatable bonds is 7. The number of thiocarbonyl (C=S) groups is 1. The maximum absolute atomic E-state index is 12.8. The Morgan fingerprint density at radius 1 is 1.00 bits per heavy atom. The van der Waals surface area contributed by atoms with Crippen molar-refractivity contribution in [3.63, 3.8) is 0 Å². The van der Waals surface area contributed by atoms with Crippen LogP contribution < -0.4 is 10.6 Å². The van der Waals surface area contributed by atoms with Crippen molar-refractivity contribution >= 4 is 57.4 Å². The molecule has 0 bridgehead atoms. The normalized spacial score (nSPS) is 10.2. The van der Waals surface area contributed by atoms with Crippen molar-refractivity contribution in [2.45, 2.75) is 26.7 Å². The fourth-order valence-corrected chi connectivity index (χ4v) is 3.49. The lowest BCUT2D eigenvalue weighted by Crippen LogP contribution is -2.34. The highest BCUT2D eigenvalue weighted by atomic mass is 127. The second-order valence-electron chi connectivity index (χ2n) is 6.29. The number of hydrogen-bond donors (Lipinski definition) is 2. The van der Waals surface area contributed by atoms with E-state index in [0.717, 1.165) is 29.5 Å². The van der Waals surface area contributed by atoms with E-state index >= 15 is 0 Å². The molecule has 0 heterocycles. The quantitative estimate of drug-likeness (QED) is 0.421. The fraction of sp³-hybridized carbons (Fsp3) is 0.286. The van der Waals surface area contributed by atoms with Gasteiger partial charge in [0.05, 0.1) is 0 Å². The zero-order valence-corrected chi connectivity index (χ0v) is 19.0. The molecule has 28 heavy (non-hydrogen) atoms. The Hall–Kier alpha value is -2.00. The summed E-state index contributed by atoms with van der Waals surface area (Å²) >= 11 is 7.40. The van der Waals surface area contributed by atoms with Crippen LogP contribution in [-0.4, -0.2) is 34.9 Å². The smallest absolute Gasteiger partial charge is 0.257 e. The zero-order valence-electron chi connectivity index (χ0n) is 16.0.